The van der Waals surface area contributed by atoms with E-state index in [9.17, 15) is 8.42 Å². The van der Waals surface area contributed by atoms with E-state index < -0.39 is 10.0 Å². The van der Waals surface area contributed by atoms with Gasteiger partial charge >= 0.3 is 0 Å². The van der Waals surface area contributed by atoms with Gasteiger partial charge in [0.2, 0.25) is 10.0 Å². The first-order valence-electron chi connectivity index (χ1n) is 7.36. The molecule has 1 saturated carbocycles. The summed E-state index contributed by atoms with van der Waals surface area (Å²) in [5.74, 6) is 0.763. The minimum atomic E-state index is -3.44. The topological polar surface area (TPSA) is 63.4 Å². The molecule has 0 aliphatic heterocycles. The molecule has 0 bridgehead atoms. The molecule has 0 radical (unpaired) electrons. The lowest BCUT2D eigenvalue weighted by Crippen LogP contribution is -2.22. The Kier molecular flexibility index (Phi) is 4.22. The maximum absolute atomic E-state index is 12.2. The van der Waals surface area contributed by atoms with Crippen LogP contribution in [0.4, 0.5) is 0 Å². The molecular formula is C15H20N2O3S2. The zero-order valence-corrected chi connectivity index (χ0v) is 14.6. The highest BCUT2D eigenvalue weighted by molar-refractivity contribution is 7.99. The van der Waals surface area contributed by atoms with E-state index in [1.165, 1.54) is 37.7 Å². The summed E-state index contributed by atoms with van der Waals surface area (Å²) in [6.45, 7) is 2.27. The van der Waals surface area contributed by atoms with Gasteiger partial charge in [0.25, 0.3) is 5.22 Å². The Hall–Kier alpha value is -1.05. The van der Waals surface area contributed by atoms with Crippen molar-refractivity contribution in [2.24, 2.45) is 5.92 Å². The number of sulfonamides is 1. The SMILES string of the molecule is CC1CCC(Sc2nc3cc(S(=O)(=O)N(C)C)ccc3o2)C1. The second-order valence-corrected chi connectivity index (χ2v) is 9.46. The Bertz CT molecular complexity index is 783. The highest BCUT2D eigenvalue weighted by Crippen LogP contribution is 2.38. The largest absolute Gasteiger partial charge is 0.431 e. The average Bonchev–Trinajstić information content (AvgIpc) is 3.03. The quantitative estimate of drug-likeness (QED) is 0.854. The summed E-state index contributed by atoms with van der Waals surface area (Å²) in [4.78, 5) is 4.69. The van der Waals surface area contributed by atoms with Crippen molar-refractivity contribution in [3.8, 4) is 0 Å². The summed E-state index contributed by atoms with van der Waals surface area (Å²) in [5, 5.41) is 1.18. The third-order valence-electron chi connectivity index (χ3n) is 4.03. The van der Waals surface area contributed by atoms with Crippen LogP contribution in [0.15, 0.2) is 32.7 Å². The van der Waals surface area contributed by atoms with Gasteiger partial charge in [0.05, 0.1) is 4.90 Å². The van der Waals surface area contributed by atoms with E-state index in [4.69, 9.17) is 4.42 Å². The van der Waals surface area contributed by atoms with Gasteiger partial charge < -0.3 is 4.42 Å². The van der Waals surface area contributed by atoms with Crippen LogP contribution in [0.2, 0.25) is 0 Å². The van der Waals surface area contributed by atoms with Gasteiger partial charge in [-0.05, 0) is 43.4 Å². The van der Waals surface area contributed by atoms with E-state index >= 15 is 0 Å². The molecule has 2 atom stereocenters. The van der Waals surface area contributed by atoms with E-state index in [1.54, 1.807) is 30.0 Å². The van der Waals surface area contributed by atoms with Crippen LogP contribution >= 0.6 is 11.8 Å². The molecule has 3 rings (SSSR count). The van der Waals surface area contributed by atoms with Gasteiger partial charge in [-0.2, -0.15) is 0 Å². The fraction of sp³-hybridized carbons (Fsp3) is 0.533. The highest BCUT2D eigenvalue weighted by atomic mass is 32.2. The van der Waals surface area contributed by atoms with Gasteiger partial charge in [-0.25, -0.2) is 17.7 Å². The molecule has 1 aromatic heterocycles. The number of benzene rings is 1. The lowest BCUT2D eigenvalue weighted by Gasteiger charge is -2.10. The molecule has 2 unspecified atom stereocenters. The zero-order chi connectivity index (χ0) is 15.9. The Morgan fingerprint density at radius 2 is 2.09 bits per heavy atom. The van der Waals surface area contributed by atoms with Crippen LogP contribution in [-0.4, -0.2) is 37.1 Å². The third-order valence-corrected chi connectivity index (χ3v) is 6.98. The molecule has 0 amide bonds. The number of hydrogen-bond acceptors (Lipinski definition) is 5. The van der Waals surface area contributed by atoms with E-state index in [0.29, 0.717) is 21.6 Å². The summed E-state index contributed by atoms with van der Waals surface area (Å²) in [5.41, 5.74) is 1.22. The van der Waals surface area contributed by atoms with Crippen LogP contribution in [-0.2, 0) is 10.0 Å². The predicted molar refractivity (Wildman–Crippen MR) is 87.5 cm³/mol. The third kappa shape index (κ3) is 3.02. The molecule has 2 aromatic rings. The van der Waals surface area contributed by atoms with Gasteiger partial charge in [0, 0.05) is 19.3 Å². The second kappa shape index (κ2) is 5.86. The van der Waals surface area contributed by atoms with Crippen LogP contribution in [0.5, 0.6) is 0 Å². The number of hydrogen-bond donors (Lipinski definition) is 0. The van der Waals surface area contributed by atoms with Gasteiger partial charge in [-0.1, -0.05) is 18.7 Å². The highest BCUT2D eigenvalue weighted by Gasteiger charge is 2.24. The van der Waals surface area contributed by atoms with E-state index in [1.807, 2.05) is 0 Å². The molecule has 0 saturated heterocycles. The van der Waals surface area contributed by atoms with E-state index in [0.717, 1.165) is 5.92 Å². The Morgan fingerprint density at radius 3 is 2.73 bits per heavy atom. The van der Waals surface area contributed by atoms with Crippen LogP contribution < -0.4 is 0 Å². The second-order valence-electron chi connectivity index (χ2n) is 6.05. The van der Waals surface area contributed by atoms with E-state index in [-0.39, 0.29) is 4.90 Å². The first-order valence-corrected chi connectivity index (χ1v) is 9.68. The zero-order valence-electron chi connectivity index (χ0n) is 12.9. The van der Waals surface area contributed by atoms with Crippen LogP contribution in [0.1, 0.15) is 26.2 Å². The van der Waals surface area contributed by atoms with Gasteiger partial charge in [0.1, 0.15) is 5.52 Å². The molecule has 5 nitrogen and oxygen atoms in total. The molecule has 1 heterocycles. The van der Waals surface area contributed by atoms with E-state index in [2.05, 4.69) is 11.9 Å². The van der Waals surface area contributed by atoms with Gasteiger partial charge in [-0.3, -0.25) is 0 Å². The number of oxazole rings is 1. The first kappa shape index (κ1) is 15.8. The molecular weight excluding hydrogens is 320 g/mol. The standard InChI is InChI=1S/C15H20N2O3S2/c1-10-4-5-11(8-10)21-15-16-13-9-12(6-7-14(13)20-15)22(18,19)17(2)3/h6-7,9-11H,4-5,8H2,1-3H3. The maximum atomic E-state index is 12.2. The predicted octanol–water partition coefficient (Wildman–Crippen LogP) is 3.36. The summed E-state index contributed by atoms with van der Waals surface area (Å²) >= 11 is 1.66. The van der Waals surface area contributed by atoms with Gasteiger partial charge in [0.15, 0.2) is 5.58 Å². The summed E-state index contributed by atoms with van der Waals surface area (Å²) in [6.07, 6.45) is 3.62. The minimum Gasteiger partial charge on any atom is -0.431 e. The van der Waals surface area contributed by atoms with Crippen molar-refractivity contribution in [3.63, 3.8) is 0 Å². The summed E-state index contributed by atoms with van der Waals surface area (Å²) in [6, 6.07) is 4.82. The Balaban J connectivity index is 1.87. The van der Waals surface area contributed by atoms with Crippen LogP contribution in [0.3, 0.4) is 0 Å². The average molecular weight is 340 g/mol. The van der Waals surface area contributed by atoms with Crippen molar-refractivity contribution < 1.29 is 12.8 Å². The molecule has 7 heteroatoms. The number of aromatic nitrogens is 1. The van der Waals surface area contributed by atoms with Gasteiger partial charge in [-0.15, -0.1) is 0 Å². The molecule has 1 aliphatic rings. The lowest BCUT2D eigenvalue weighted by atomic mass is 10.1. The molecule has 1 fully saturated rings. The monoisotopic (exact) mass is 340 g/mol. The number of rotatable bonds is 4. The Morgan fingerprint density at radius 1 is 1.32 bits per heavy atom. The normalized spacial score (nSPS) is 22.7. The number of fused-ring (bicyclic) bond motifs is 1. The Labute approximate surface area is 135 Å². The molecule has 1 aliphatic carbocycles. The van der Waals surface area contributed by atoms with Crippen molar-refractivity contribution in [3.05, 3.63) is 18.2 Å². The molecule has 0 N–H and O–H groups in total. The summed E-state index contributed by atoms with van der Waals surface area (Å²) in [7, 11) is -0.406. The lowest BCUT2D eigenvalue weighted by molar-refractivity contribution is 0.487. The van der Waals surface area contributed by atoms with Crippen LogP contribution in [0, 0.1) is 5.92 Å². The first-order chi connectivity index (χ1) is 10.4. The molecule has 22 heavy (non-hydrogen) atoms. The summed E-state index contributed by atoms with van der Waals surface area (Å²) < 4.78 is 31.3. The fourth-order valence-corrected chi connectivity index (χ4v) is 4.89. The van der Waals surface area contributed by atoms with Crippen molar-refractivity contribution in [2.45, 2.75) is 41.6 Å². The van der Waals surface area contributed by atoms with Crippen LogP contribution in [0.25, 0.3) is 11.1 Å². The molecule has 1 aromatic carbocycles. The number of thioether (sulfide) groups is 1. The van der Waals surface area contributed by atoms with Crippen molar-refractivity contribution >= 4 is 32.9 Å². The molecule has 120 valence electrons. The maximum Gasteiger partial charge on any atom is 0.257 e. The minimum absolute atomic E-state index is 0.240. The number of nitrogens with zero attached hydrogens (tertiary/aromatic N) is 2. The smallest absolute Gasteiger partial charge is 0.257 e. The van der Waals surface area contributed by atoms with Crippen molar-refractivity contribution in [1.29, 1.82) is 0 Å². The van der Waals surface area contributed by atoms with Crippen molar-refractivity contribution in [2.75, 3.05) is 14.1 Å². The fourth-order valence-electron chi connectivity index (χ4n) is 2.71. The molecule has 0 spiro atoms. The van der Waals surface area contributed by atoms with Crippen molar-refractivity contribution in [1.82, 2.24) is 9.29 Å².